The van der Waals surface area contributed by atoms with Gasteiger partial charge >= 0.3 is 0 Å². The Morgan fingerprint density at radius 3 is 2.65 bits per heavy atom. The quantitative estimate of drug-likeness (QED) is 0.339. The van der Waals surface area contributed by atoms with E-state index in [-0.39, 0.29) is 0 Å². The van der Waals surface area contributed by atoms with Crippen LogP contribution in [-0.2, 0) is 0 Å². The van der Waals surface area contributed by atoms with Gasteiger partial charge in [-0.05, 0) is 127 Å². The molecule has 4 fully saturated rings. The molecule has 5 aliphatic rings. The smallest absolute Gasteiger partial charge is 0.0781 e. The van der Waals surface area contributed by atoms with Crippen molar-refractivity contribution in [2.45, 2.75) is 117 Å². The van der Waals surface area contributed by atoms with Gasteiger partial charge in [-0.15, -0.1) is 0 Å². The van der Waals surface area contributed by atoms with Crippen LogP contribution in [0.4, 0.5) is 0 Å². The molecule has 0 aromatic heterocycles. The third-order valence-corrected chi connectivity index (χ3v) is 12.0. The normalized spacial score (nSPS) is 39.7. The van der Waals surface area contributed by atoms with E-state index < -0.39 is 0 Å². The van der Waals surface area contributed by atoms with Gasteiger partial charge in [0.15, 0.2) is 0 Å². The number of aliphatic imine (C=N–C) groups is 1. The van der Waals surface area contributed by atoms with Gasteiger partial charge in [-0.25, -0.2) is 0 Å². The molecule has 1 N–H and O–H groups in total. The molecule has 5 rings (SSSR count). The summed E-state index contributed by atoms with van der Waals surface area (Å²) in [4.78, 5) is 7.77. The van der Waals surface area contributed by atoms with Gasteiger partial charge in [-0.1, -0.05) is 44.2 Å². The Hall–Kier alpha value is -1.35. The zero-order valence-corrected chi connectivity index (χ0v) is 24.7. The van der Waals surface area contributed by atoms with E-state index in [2.05, 4.69) is 64.1 Å². The summed E-state index contributed by atoms with van der Waals surface area (Å²) in [6.45, 7) is 24.1. The highest BCUT2D eigenvalue weighted by Gasteiger charge is 2.59. The predicted molar refractivity (Wildman–Crippen MR) is 159 cm³/mol. The monoisotopic (exact) mass is 505 g/mol. The third kappa shape index (κ3) is 5.04. The summed E-state index contributed by atoms with van der Waals surface area (Å²) in [5.74, 6) is 3.31. The lowest BCUT2D eigenvalue weighted by atomic mass is 9.46. The van der Waals surface area contributed by atoms with Crippen LogP contribution in [0.15, 0.2) is 41.1 Å². The highest BCUT2D eigenvalue weighted by molar-refractivity contribution is 5.85. The Morgan fingerprint density at radius 1 is 1.11 bits per heavy atom. The molecule has 0 aromatic rings. The zero-order chi connectivity index (χ0) is 26.4. The molecule has 1 aliphatic heterocycles. The van der Waals surface area contributed by atoms with Gasteiger partial charge in [-0.2, -0.15) is 0 Å². The van der Waals surface area contributed by atoms with Crippen molar-refractivity contribution in [1.29, 1.82) is 0 Å². The van der Waals surface area contributed by atoms with Crippen molar-refractivity contribution >= 4 is 5.71 Å². The Balaban J connectivity index is 1.24. The largest absolute Gasteiger partial charge is 0.371 e. The van der Waals surface area contributed by atoms with Crippen LogP contribution in [0.1, 0.15) is 105 Å². The van der Waals surface area contributed by atoms with E-state index in [0.717, 1.165) is 30.8 Å². The van der Waals surface area contributed by atoms with Crippen molar-refractivity contribution in [2.24, 2.45) is 39.5 Å². The molecule has 206 valence electrons. The van der Waals surface area contributed by atoms with Gasteiger partial charge in [0.05, 0.1) is 6.54 Å². The van der Waals surface area contributed by atoms with E-state index in [1.165, 1.54) is 94.2 Å². The van der Waals surface area contributed by atoms with Gasteiger partial charge in [0.25, 0.3) is 0 Å². The zero-order valence-electron chi connectivity index (χ0n) is 24.7. The van der Waals surface area contributed by atoms with E-state index in [4.69, 9.17) is 4.99 Å². The van der Waals surface area contributed by atoms with Crippen LogP contribution in [0.5, 0.6) is 0 Å². The number of nitrogens with one attached hydrogen (secondary N) is 1. The summed E-state index contributed by atoms with van der Waals surface area (Å²) < 4.78 is 0. The second-order valence-electron chi connectivity index (χ2n) is 14.2. The van der Waals surface area contributed by atoms with Gasteiger partial charge < -0.3 is 10.2 Å². The number of nitrogens with zero attached hydrogens (tertiary/aromatic N) is 2. The van der Waals surface area contributed by atoms with Crippen molar-refractivity contribution < 1.29 is 0 Å². The third-order valence-electron chi connectivity index (χ3n) is 12.0. The first-order valence-electron chi connectivity index (χ1n) is 15.7. The molecule has 3 saturated carbocycles. The van der Waals surface area contributed by atoms with Gasteiger partial charge in [0.2, 0.25) is 0 Å². The molecule has 0 bridgehead atoms. The van der Waals surface area contributed by atoms with Crippen LogP contribution in [0, 0.1) is 34.5 Å². The summed E-state index contributed by atoms with van der Waals surface area (Å²) in [5, 5.41) is 3.66. The Labute approximate surface area is 228 Å². The van der Waals surface area contributed by atoms with Crippen LogP contribution < -0.4 is 5.32 Å². The fourth-order valence-corrected chi connectivity index (χ4v) is 9.83. The summed E-state index contributed by atoms with van der Waals surface area (Å²) >= 11 is 0. The molecule has 3 nitrogen and oxygen atoms in total. The number of hydrogen-bond acceptors (Lipinski definition) is 3. The summed E-state index contributed by atoms with van der Waals surface area (Å²) in [6.07, 6.45) is 17.1. The Morgan fingerprint density at radius 2 is 1.92 bits per heavy atom. The molecule has 7 atom stereocenters. The van der Waals surface area contributed by atoms with Gasteiger partial charge in [-0.3, -0.25) is 4.99 Å². The first-order valence-corrected chi connectivity index (χ1v) is 15.7. The van der Waals surface area contributed by atoms with Crippen molar-refractivity contribution in [3.05, 3.63) is 36.1 Å². The molecule has 7 unspecified atom stereocenters. The van der Waals surface area contributed by atoms with Gasteiger partial charge in [0.1, 0.15) is 0 Å². The Kier molecular flexibility index (Phi) is 7.85. The first kappa shape index (κ1) is 27.2. The van der Waals surface area contributed by atoms with Crippen molar-refractivity contribution in [3.63, 3.8) is 0 Å². The first-order chi connectivity index (χ1) is 17.6. The molecule has 1 heterocycles. The number of allylic oxidation sites excluding steroid dienone is 3. The number of rotatable bonds is 8. The summed E-state index contributed by atoms with van der Waals surface area (Å²) in [7, 11) is 0. The molecule has 0 radical (unpaired) electrons. The lowest BCUT2D eigenvalue weighted by Gasteiger charge is -2.58. The second kappa shape index (κ2) is 10.7. The molecule has 0 spiro atoms. The summed E-state index contributed by atoms with van der Waals surface area (Å²) in [5.41, 5.74) is 6.57. The van der Waals surface area contributed by atoms with Crippen LogP contribution in [-0.4, -0.2) is 42.3 Å². The molecule has 1 saturated heterocycles. The fraction of sp³-hybridized carbons (Fsp3) is 0.794. The highest BCUT2D eigenvalue weighted by Crippen LogP contribution is 2.67. The van der Waals surface area contributed by atoms with Crippen LogP contribution in [0.3, 0.4) is 0 Å². The molecule has 3 heteroatoms. The minimum absolute atomic E-state index is 0.428. The molecule has 0 aromatic carbocycles. The maximum Gasteiger partial charge on any atom is 0.0781 e. The van der Waals surface area contributed by atoms with E-state index in [0.29, 0.717) is 28.8 Å². The minimum Gasteiger partial charge on any atom is -0.371 e. The number of fused-ring (bicyclic) bond motifs is 5. The number of hydrogen-bond donors (Lipinski definition) is 1. The molecule has 4 aliphatic carbocycles. The van der Waals surface area contributed by atoms with E-state index in [1.807, 2.05) is 0 Å². The fourth-order valence-electron chi connectivity index (χ4n) is 9.83. The van der Waals surface area contributed by atoms with E-state index >= 15 is 0 Å². The average molecular weight is 506 g/mol. The lowest BCUT2D eigenvalue weighted by Crippen LogP contribution is -2.50. The molecular weight excluding hydrogens is 450 g/mol. The van der Waals surface area contributed by atoms with Crippen LogP contribution in [0.25, 0.3) is 0 Å². The lowest BCUT2D eigenvalue weighted by molar-refractivity contribution is -0.0417. The van der Waals surface area contributed by atoms with Crippen molar-refractivity contribution in [3.8, 4) is 0 Å². The molecule has 0 amide bonds. The SMILES string of the molecule is C=C1C=C2CCC3C(CCC4(C)C(C(C)=NCC(=C)N(CCC5CCCN5)C(C)C)CCC34)C2(C)CC1. The molecule has 37 heavy (non-hydrogen) atoms. The van der Waals surface area contributed by atoms with E-state index in [1.54, 1.807) is 5.57 Å². The highest BCUT2D eigenvalue weighted by atomic mass is 15.2. The maximum absolute atomic E-state index is 5.26. The van der Waals surface area contributed by atoms with Crippen molar-refractivity contribution in [1.82, 2.24) is 10.2 Å². The second-order valence-corrected chi connectivity index (χ2v) is 14.2. The van der Waals surface area contributed by atoms with Crippen LogP contribution in [0.2, 0.25) is 0 Å². The van der Waals surface area contributed by atoms with Crippen LogP contribution >= 0.6 is 0 Å². The van der Waals surface area contributed by atoms with Crippen molar-refractivity contribution in [2.75, 3.05) is 19.6 Å². The topological polar surface area (TPSA) is 27.6 Å². The standard InChI is InChI=1S/C34H55N3/c1-23(2)37(20-16-28-9-8-19-35-28)25(4)22-36-26(5)30-12-13-31-29-11-10-27-21-24(3)14-17-33(27,6)32(29)15-18-34(30,31)7/h21,23,28-32,35H,3-4,8-20,22H2,1-2,5-7H3. The van der Waals surface area contributed by atoms with Gasteiger partial charge in [0, 0.05) is 36.0 Å². The average Bonchev–Trinajstić information content (AvgIpc) is 3.50. The Bertz CT molecular complexity index is 937. The summed E-state index contributed by atoms with van der Waals surface area (Å²) in [6, 6.07) is 1.17. The minimum atomic E-state index is 0.428. The maximum atomic E-state index is 5.26. The predicted octanol–water partition coefficient (Wildman–Crippen LogP) is 7.95. The molecular formula is C34H55N3. The van der Waals surface area contributed by atoms with E-state index in [9.17, 15) is 0 Å².